The lowest BCUT2D eigenvalue weighted by atomic mass is 10.2. The Hall–Kier alpha value is -1.31. The molecule has 2 rings (SSSR count). The highest BCUT2D eigenvalue weighted by Crippen LogP contribution is 2.24. The highest BCUT2D eigenvalue weighted by Gasteiger charge is 2.31. The van der Waals surface area contributed by atoms with E-state index in [0.29, 0.717) is 39.3 Å². The number of hydrogen-bond donors (Lipinski definition) is 1. The van der Waals surface area contributed by atoms with Gasteiger partial charge in [0.15, 0.2) is 0 Å². The molecule has 0 bridgehead atoms. The number of rotatable bonds is 5. The molecule has 0 saturated carbocycles. The molecule has 1 aromatic carbocycles. The fraction of sp³-hybridized carbons (Fsp3) is 0.571. The summed E-state index contributed by atoms with van der Waals surface area (Å²) in [6, 6.07) is 7.70. The van der Waals surface area contributed by atoms with Crippen LogP contribution in [0.4, 0.5) is 11.4 Å². The van der Waals surface area contributed by atoms with Crippen molar-refractivity contribution in [3.63, 3.8) is 0 Å². The lowest BCUT2D eigenvalue weighted by Gasteiger charge is -2.37. The molecule has 21 heavy (non-hydrogen) atoms. The average Bonchev–Trinajstić information content (AvgIpc) is 2.49. The van der Waals surface area contributed by atoms with Crippen LogP contribution >= 0.6 is 0 Å². The van der Waals surface area contributed by atoms with Crippen LogP contribution in [0.15, 0.2) is 24.3 Å². The van der Waals surface area contributed by atoms with Gasteiger partial charge in [-0.15, -0.1) is 0 Å². The summed E-state index contributed by atoms with van der Waals surface area (Å²) in [4.78, 5) is 2.14. The highest BCUT2D eigenvalue weighted by molar-refractivity contribution is 7.86. The topological polar surface area (TPSA) is 69.9 Å². The molecule has 1 fully saturated rings. The Morgan fingerprint density at radius 2 is 1.67 bits per heavy atom. The number of nitrogens with zero attached hydrogens (tertiary/aromatic N) is 3. The highest BCUT2D eigenvalue weighted by atomic mass is 32.2. The molecule has 7 heteroatoms. The maximum absolute atomic E-state index is 12.5. The van der Waals surface area contributed by atoms with Gasteiger partial charge < -0.3 is 10.6 Å². The molecule has 0 aromatic heterocycles. The number of hydrogen-bond acceptors (Lipinski definition) is 4. The minimum absolute atomic E-state index is 0.493. The van der Waals surface area contributed by atoms with Gasteiger partial charge in [0, 0.05) is 39.3 Å². The molecule has 0 aliphatic carbocycles. The zero-order valence-electron chi connectivity index (χ0n) is 12.7. The smallest absolute Gasteiger partial charge is 0.282 e. The van der Waals surface area contributed by atoms with E-state index < -0.39 is 10.2 Å². The summed E-state index contributed by atoms with van der Waals surface area (Å²) < 4.78 is 28.0. The molecule has 1 heterocycles. The molecule has 1 aliphatic heterocycles. The third-order valence-corrected chi connectivity index (χ3v) is 6.06. The number of nitrogens with two attached hydrogens (primary N) is 1. The van der Waals surface area contributed by atoms with Gasteiger partial charge in [-0.25, -0.2) is 0 Å². The predicted molar refractivity (Wildman–Crippen MR) is 86.5 cm³/mol. The van der Waals surface area contributed by atoms with Gasteiger partial charge in [-0.05, 0) is 12.1 Å². The molecule has 118 valence electrons. The second kappa shape index (κ2) is 6.64. The van der Waals surface area contributed by atoms with E-state index in [1.54, 1.807) is 4.31 Å². The zero-order valence-corrected chi connectivity index (χ0v) is 13.5. The lowest BCUT2D eigenvalue weighted by molar-refractivity contribution is 0.334. The Labute approximate surface area is 127 Å². The SMILES string of the molecule is CCN(CC)S(=O)(=O)N1CCN(c2ccccc2N)CC1. The van der Waals surface area contributed by atoms with Gasteiger partial charge in [0.1, 0.15) is 0 Å². The van der Waals surface area contributed by atoms with Crippen LogP contribution in [-0.2, 0) is 10.2 Å². The third kappa shape index (κ3) is 3.30. The van der Waals surface area contributed by atoms with E-state index >= 15 is 0 Å². The van der Waals surface area contributed by atoms with E-state index in [-0.39, 0.29) is 0 Å². The first kappa shape index (κ1) is 16.1. The molecular formula is C14H24N4O2S. The van der Waals surface area contributed by atoms with Gasteiger partial charge in [-0.2, -0.15) is 17.0 Å². The van der Waals surface area contributed by atoms with Gasteiger partial charge >= 0.3 is 0 Å². The van der Waals surface area contributed by atoms with Crippen LogP contribution in [0.3, 0.4) is 0 Å². The van der Waals surface area contributed by atoms with Gasteiger partial charge in [0.25, 0.3) is 10.2 Å². The first-order valence-electron chi connectivity index (χ1n) is 7.35. The van der Waals surface area contributed by atoms with Crippen molar-refractivity contribution >= 4 is 21.6 Å². The Bertz CT molecular complexity index is 564. The van der Waals surface area contributed by atoms with Crippen LogP contribution in [0.5, 0.6) is 0 Å². The van der Waals surface area contributed by atoms with Crippen LogP contribution in [0.25, 0.3) is 0 Å². The number of piperazine rings is 1. The van der Waals surface area contributed by atoms with Crippen molar-refractivity contribution in [2.45, 2.75) is 13.8 Å². The molecule has 0 spiro atoms. The van der Waals surface area contributed by atoms with E-state index in [4.69, 9.17) is 5.73 Å². The Morgan fingerprint density at radius 1 is 1.10 bits per heavy atom. The first-order valence-corrected chi connectivity index (χ1v) is 8.75. The Balaban J connectivity index is 2.05. The lowest BCUT2D eigenvalue weighted by Crippen LogP contribution is -2.53. The van der Waals surface area contributed by atoms with Gasteiger partial charge in [-0.1, -0.05) is 26.0 Å². The number of para-hydroxylation sites is 2. The predicted octanol–water partition coefficient (Wildman–Crippen LogP) is 0.977. The van der Waals surface area contributed by atoms with Crippen molar-refractivity contribution in [3.05, 3.63) is 24.3 Å². The van der Waals surface area contributed by atoms with E-state index in [9.17, 15) is 8.42 Å². The summed E-state index contributed by atoms with van der Waals surface area (Å²) in [7, 11) is -3.33. The average molecular weight is 312 g/mol. The molecule has 1 saturated heterocycles. The van der Waals surface area contributed by atoms with Crippen LogP contribution in [-0.4, -0.2) is 56.3 Å². The third-order valence-electron chi connectivity index (χ3n) is 3.87. The molecule has 0 radical (unpaired) electrons. The van der Waals surface area contributed by atoms with E-state index in [0.717, 1.165) is 11.4 Å². The van der Waals surface area contributed by atoms with Crippen LogP contribution < -0.4 is 10.6 Å². The van der Waals surface area contributed by atoms with Crippen molar-refractivity contribution in [1.29, 1.82) is 0 Å². The molecule has 2 N–H and O–H groups in total. The van der Waals surface area contributed by atoms with Crippen LogP contribution in [0.2, 0.25) is 0 Å². The molecular weight excluding hydrogens is 288 g/mol. The van der Waals surface area contributed by atoms with Crippen molar-refractivity contribution in [1.82, 2.24) is 8.61 Å². The monoisotopic (exact) mass is 312 g/mol. The van der Waals surface area contributed by atoms with E-state index in [2.05, 4.69) is 4.90 Å². The second-order valence-corrected chi connectivity index (χ2v) is 6.97. The van der Waals surface area contributed by atoms with Crippen molar-refractivity contribution in [3.8, 4) is 0 Å². The minimum atomic E-state index is -3.33. The van der Waals surface area contributed by atoms with E-state index in [1.165, 1.54) is 4.31 Å². The Morgan fingerprint density at radius 3 is 2.19 bits per heavy atom. The summed E-state index contributed by atoms with van der Waals surface area (Å²) in [6.07, 6.45) is 0. The van der Waals surface area contributed by atoms with Crippen molar-refractivity contribution < 1.29 is 8.42 Å². The molecule has 6 nitrogen and oxygen atoms in total. The summed E-state index contributed by atoms with van der Waals surface area (Å²) in [6.45, 7) is 7.04. The quantitative estimate of drug-likeness (QED) is 0.823. The van der Waals surface area contributed by atoms with Crippen molar-refractivity contribution in [2.24, 2.45) is 0 Å². The van der Waals surface area contributed by atoms with Crippen LogP contribution in [0.1, 0.15) is 13.8 Å². The van der Waals surface area contributed by atoms with Gasteiger partial charge in [0.2, 0.25) is 0 Å². The molecule has 0 amide bonds. The zero-order chi connectivity index (χ0) is 15.5. The molecule has 1 aromatic rings. The molecule has 0 unspecified atom stereocenters. The first-order chi connectivity index (χ1) is 10.0. The Kier molecular flexibility index (Phi) is 5.08. The van der Waals surface area contributed by atoms with Crippen LogP contribution in [0, 0.1) is 0 Å². The summed E-state index contributed by atoms with van der Waals surface area (Å²) in [5.74, 6) is 0. The fourth-order valence-electron chi connectivity index (χ4n) is 2.65. The summed E-state index contributed by atoms with van der Waals surface area (Å²) in [5, 5.41) is 0. The maximum Gasteiger partial charge on any atom is 0.282 e. The maximum atomic E-state index is 12.5. The summed E-state index contributed by atoms with van der Waals surface area (Å²) in [5.41, 5.74) is 7.70. The number of nitrogen functional groups attached to an aromatic ring is 1. The largest absolute Gasteiger partial charge is 0.397 e. The summed E-state index contributed by atoms with van der Waals surface area (Å²) >= 11 is 0. The number of anilines is 2. The van der Waals surface area contributed by atoms with Gasteiger partial charge in [-0.3, -0.25) is 0 Å². The van der Waals surface area contributed by atoms with Crippen molar-refractivity contribution in [2.75, 3.05) is 49.9 Å². The molecule has 0 atom stereocenters. The second-order valence-electron chi connectivity index (χ2n) is 5.04. The standard InChI is InChI=1S/C14H24N4O2S/c1-3-17(4-2)21(19,20)18-11-9-16(10-12-18)14-8-6-5-7-13(14)15/h5-8H,3-4,9-12,15H2,1-2H3. The molecule has 1 aliphatic rings. The van der Waals surface area contributed by atoms with Gasteiger partial charge in [0.05, 0.1) is 11.4 Å². The minimum Gasteiger partial charge on any atom is -0.397 e. The fourth-order valence-corrected chi connectivity index (χ4v) is 4.25. The normalized spacial score (nSPS) is 17.4. The number of benzene rings is 1. The van der Waals surface area contributed by atoms with E-state index in [1.807, 2.05) is 38.1 Å².